The molecule has 1 aromatic carbocycles. The van der Waals surface area contributed by atoms with E-state index in [1.54, 1.807) is 4.68 Å². The standard InChI is InChI=1S/C17H21N3O2/c1-2-3-5-13-7-9-14(10-8-13)20-17(15(12-21)18-19-20)16-6-4-11-22-16/h7-10,12,16H,2-6,11H2,1H3. The van der Waals surface area contributed by atoms with Crippen LogP contribution >= 0.6 is 0 Å². The zero-order valence-electron chi connectivity index (χ0n) is 12.9. The van der Waals surface area contributed by atoms with Crippen molar-refractivity contribution >= 4 is 6.29 Å². The number of rotatable bonds is 6. The third-order valence-corrected chi connectivity index (χ3v) is 4.08. The molecule has 0 N–H and O–H groups in total. The van der Waals surface area contributed by atoms with E-state index in [2.05, 4.69) is 29.4 Å². The van der Waals surface area contributed by atoms with Crippen molar-refractivity contribution in [3.05, 3.63) is 41.2 Å². The van der Waals surface area contributed by atoms with Crippen molar-refractivity contribution in [3.63, 3.8) is 0 Å². The van der Waals surface area contributed by atoms with Crippen molar-refractivity contribution in [3.8, 4) is 5.69 Å². The number of aldehydes is 1. The summed E-state index contributed by atoms with van der Waals surface area (Å²) in [4.78, 5) is 11.2. The highest BCUT2D eigenvalue weighted by molar-refractivity contribution is 5.73. The molecule has 116 valence electrons. The van der Waals surface area contributed by atoms with E-state index in [4.69, 9.17) is 4.74 Å². The van der Waals surface area contributed by atoms with Crippen molar-refractivity contribution in [1.29, 1.82) is 0 Å². The van der Waals surface area contributed by atoms with Crippen LogP contribution in [0, 0.1) is 0 Å². The van der Waals surface area contributed by atoms with Gasteiger partial charge in [-0.25, -0.2) is 4.68 Å². The minimum absolute atomic E-state index is 0.0880. The maximum atomic E-state index is 11.2. The van der Waals surface area contributed by atoms with Crippen molar-refractivity contribution in [1.82, 2.24) is 15.0 Å². The molecular formula is C17H21N3O2. The first-order chi connectivity index (χ1) is 10.8. The summed E-state index contributed by atoms with van der Waals surface area (Å²) in [5.74, 6) is 0. The summed E-state index contributed by atoms with van der Waals surface area (Å²) in [5.41, 5.74) is 3.39. The predicted molar refractivity (Wildman–Crippen MR) is 83.3 cm³/mol. The molecule has 22 heavy (non-hydrogen) atoms. The molecule has 0 saturated carbocycles. The first kappa shape index (κ1) is 14.9. The van der Waals surface area contributed by atoms with Gasteiger partial charge >= 0.3 is 0 Å². The van der Waals surface area contributed by atoms with Crippen molar-refractivity contribution in [2.24, 2.45) is 0 Å². The fraction of sp³-hybridized carbons (Fsp3) is 0.471. The van der Waals surface area contributed by atoms with Crippen LogP contribution in [0.25, 0.3) is 5.69 Å². The summed E-state index contributed by atoms with van der Waals surface area (Å²) in [5, 5.41) is 8.14. The Morgan fingerprint density at radius 1 is 1.36 bits per heavy atom. The van der Waals surface area contributed by atoms with Crippen LogP contribution in [0.15, 0.2) is 24.3 Å². The Bertz CT molecular complexity index is 628. The maximum Gasteiger partial charge on any atom is 0.172 e. The van der Waals surface area contributed by atoms with Gasteiger partial charge in [-0.15, -0.1) is 5.10 Å². The second-order valence-corrected chi connectivity index (χ2v) is 5.66. The van der Waals surface area contributed by atoms with Crippen LogP contribution in [0.1, 0.15) is 60.5 Å². The van der Waals surface area contributed by atoms with Crippen LogP contribution in [0.3, 0.4) is 0 Å². The fourth-order valence-corrected chi connectivity index (χ4v) is 2.85. The van der Waals surface area contributed by atoms with Gasteiger partial charge in [-0.2, -0.15) is 0 Å². The highest BCUT2D eigenvalue weighted by Crippen LogP contribution is 2.31. The maximum absolute atomic E-state index is 11.2. The van der Waals surface area contributed by atoms with Crippen molar-refractivity contribution in [2.45, 2.75) is 45.1 Å². The Hall–Kier alpha value is -2.01. The molecule has 1 aliphatic rings. The predicted octanol–water partition coefficient (Wildman–Crippen LogP) is 3.27. The molecule has 5 heteroatoms. The number of unbranched alkanes of at least 4 members (excludes halogenated alkanes) is 1. The molecule has 0 aliphatic carbocycles. The van der Waals surface area contributed by atoms with Gasteiger partial charge in [-0.05, 0) is 43.4 Å². The van der Waals surface area contributed by atoms with E-state index in [0.29, 0.717) is 5.69 Å². The Labute approximate surface area is 130 Å². The molecule has 1 unspecified atom stereocenters. The van der Waals surface area contributed by atoms with Crippen LogP contribution in [0.5, 0.6) is 0 Å². The lowest BCUT2D eigenvalue weighted by atomic mass is 10.1. The molecule has 1 aromatic heterocycles. The number of aromatic nitrogens is 3. The minimum atomic E-state index is -0.0880. The van der Waals surface area contributed by atoms with Gasteiger partial charge in [0.05, 0.1) is 5.69 Å². The quantitative estimate of drug-likeness (QED) is 0.768. The molecule has 5 nitrogen and oxygen atoms in total. The summed E-state index contributed by atoms with van der Waals surface area (Å²) < 4.78 is 7.46. The van der Waals surface area contributed by atoms with Gasteiger partial charge in [0.2, 0.25) is 0 Å². The molecule has 2 heterocycles. The largest absolute Gasteiger partial charge is 0.372 e. The Balaban J connectivity index is 1.90. The smallest absolute Gasteiger partial charge is 0.172 e. The van der Waals surface area contributed by atoms with Gasteiger partial charge in [0.15, 0.2) is 12.0 Å². The van der Waals surface area contributed by atoms with Crippen molar-refractivity contribution in [2.75, 3.05) is 6.61 Å². The van der Waals surface area contributed by atoms with E-state index in [9.17, 15) is 4.79 Å². The molecule has 3 rings (SSSR count). The van der Waals surface area contributed by atoms with Crippen molar-refractivity contribution < 1.29 is 9.53 Å². The average Bonchev–Trinajstić information content (AvgIpc) is 3.21. The Morgan fingerprint density at radius 2 is 2.18 bits per heavy atom. The number of benzene rings is 1. The van der Waals surface area contributed by atoms with E-state index in [-0.39, 0.29) is 6.10 Å². The normalized spacial score (nSPS) is 17.8. The lowest BCUT2D eigenvalue weighted by Crippen LogP contribution is -2.09. The molecule has 0 amide bonds. The van der Waals surface area contributed by atoms with E-state index < -0.39 is 0 Å². The SMILES string of the molecule is CCCCc1ccc(-n2nnc(C=O)c2C2CCCO2)cc1. The van der Waals surface area contributed by atoms with Gasteiger partial charge in [-0.1, -0.05) is 30.7 Å². The molecule has 1 fully saturated rings. The highest BCUT2D eigenvalue weighted by atomic mass is 16.5. The highest BCUT2D eigenvalue weighted by Gasteiger charge is 2.27. The van der Waals surface area contributed by atoms with Crippen LogP contribution in [-0.4, -0.2) is 27.9 Å². The lowest BCUT2D eigenvalue weighted by Gasteiger charge is -2.12. The van der Waals surface area contributed by atoms with E-state index in [1.807, 2.05) is 12.1 Å². The molecule has 1 atom stereocenters. The van der Waals surface area contributed by atoms with Gasteiger partial charge in [-0.3, -0.25) is 4.79 Å². The van der Waals surface area contributed by atoms with E-state index in [0.717, 1.165) is 43.5 Å². The number of aryl methyl sites for hydroxylation is 1. The van der Waals surface area contributed by atoms with Crippen LogP contribution in [0.4, 0.5) is 0 Å². The number of nitrogens with zero attached hydrogens (tertiary/aromatic N) is 3. The van der Waals surface area contributed by atoms with E-state index >= 15 is 0 Å². The summed E-state index contributed by atoms with van der Waals surface area (Å²) >= 11 is 0. The average molecular weight is 299 g/mol. The van der Waals surface area contributed by atoms with Gasteiger partial charge in [0.25, 0.3) is 0 Å². The zero-order valence-corrected chi connectivity index (χ0v) is 12.9. The molecule has 1 aliphatic heterocycles. The molecule has 0 spiro atoms. The minimum Gasteiger partial charge on any atom is -0.372 e. The Kier molecular flexibility index (Phi) is 4.63. The molecule has 0 bridgehead atoms. The summed E-state index contributed by atoms with van der Waals surface area (Å²) in [6.45, 7) is 2.92. The monoisotopic (exact) mass is 299 g/mol. The first-order valence-electron chi connectivity index (χ1n) is 7.95. The molecule has 0 radical (unpaired) electrons. The molecular weight excluding hydrogens is 278 g/mol. The number of hydrogen-bond acceptors (Lipinski definition) is 4. The van der Waals surface area contributed by atoms with Crippen LogP contribution < -0.4 is 0 Å². The number of hydrogen-bond donors (Lipinski definition) is 0. The van der Waals surface area contributed by atoms with Gasteiger partial charge < -0.3 is 4.74 Å². The second-order valence-electron chi connectivity index (χ2n) is 5.66. The van der Waals surface area contributed by atoms with Gasteiger partial charge in [0, 0.05) is 6.61 Å². The summed E-state index contributed by atoms with van der Waals surface area (Å²) in [7, 11) is 0. The van der Waals surface area contributed by atoms with E-state index in [1.165, 1.54) is 18.4 Å². The summed E-state index contributed by atoms with van der Waals surface area (Å²) in [6.07, 6.45) is 6.06. The zero-order chi connectivity index (χ0) is 15.4. The number of carbonyl (C=O) groups is 1. The first-order valence-corrected chi connectivity index (χ1v) is 7.95. The molecule has 2 aromatic rings. The third kappa shape index (κ3) is 2.95. The summed E-state index contributed by atoms with van der Waals surface area (Å²) in [6, 6.07) is 8.30. The van der Waals surface area contributed by atoms with Crippen LogP contribution in [-0.2, 0) is 11.2 Å². The van der Waals surface area contributed by atoms with Gasteiger partial charge in [0.1, 0.15) is 11.8 Å². The Morgan fingerprint density at radius 3 is 2.82 bits per heavy atom. The second kappa shape index (κ2) is 6.83. The number of carbonyl (C=O) groups excluding carboxylic acids is 1. The topological polar surface area (TPSA) is 57.0 Å². The third-order valence-electron chi connectivity index (χ3n) is 4.08. The lowest BCUT2D eigenvalue weighted by molar-refractivity contribution is 0.102. The number of ether oxygens (including phenoxy) is 1. The van der Waals surface area contributed by atoms with Crippen LogP contribution in [0.2, 0.25) is 0 Å². The fourth-order valence-electron chi connectivity index (χ4n) is 2.85. The molecule has 1 saturated heterocycles.